The number of unbranched alkanes of at least 4 members (excludes halogenated alkanes) is 18. The van der Waals surface area contributed by atoms with Gasteiger partial charge in [-0.25, -0.2) is 4.79 Å². The van der Waals surface area contributed by atoms with Crippen molar-refractivity contribution >= 4 is 16.3 Å². The van der Waals surface area contributed by atoms with Gasteiger partial charge in [0.25, 0.3) is 0 Å². The molecule has 0 radical (unpaired) electrons. The third kappa shape index (κ3) is 19.2. The summed E-state index contributed by atoms with van der Waals surface area (Å²) in [4.78, 5) is 20.2. The summed E-state index contributed by atoms with van der Waals surface area (Å²) in [7, 11) is -2.89. The lowest BCUT2D eigenvalue weighted by Crippen LogP contribution is -2.23. The van der Waals surface area contributed by atoms with Crippen molar-refractivity contribution in [3.63, 3.8) is 0 Å². The number of hydrogen-bond donors (Lipinski definition) is 1. The van der Waals surface area contributed by atoms with Crippen LogP contribution >= 0.6 is 10.3 Å². The Kier molecular flexibility index (Phi) is 31.1. The van der Waals surface area contributed by atoms with E-state index in [4.69, 9.17) is 4.18 Å². The molecule has 0 fully saturated rings. The van der Waals surface area contributed by atoms with Crippen molar-refractivity contribution in [2.24, 2.45) is 0 Å². The van der Waals surface area contributed by atoms with Crippen LogP contribution in [0, 0.1) is 0 Å². The number of phenols is 1. The fraction of sp³-hybridized carbons (Fsp3) is 0.643. The zero-order chi connectivity index (χ0) is 53.4. The first-order valence-corrected chi connectivity index (χ1v) is 33.1. The molecule has 0 saturated heterocycles. The van der Waals surface area contributed by atoms with E-state index in [0.29, 0.717) is 0 Å². The topological polar surface area (TPSA) is 46.5 Å². The molecule has 3 nitrogen and oxygen atoms in total. The Hall–Kier alpha value is -3.50. The number of benzene rings is 4. The molecule has 0 heterocycles. The lowest BCUT2D eigenvalue weighted by Gasteiger charge is -2.47. The van der Waals surface area contributed by atoms with Crippen LogP contribution in [0.5, 0.6) is 5.75 Å². The molecule has 4 rings (SSSR count). The minimum Gasteiger partial charge on any atom is -0.507 e. The van der Waals surface area contributed by atoms with Crippen molar-refractivity contribution in [2.75, 3.05) is 0 Å². The van der Waals surface area contributed by atoms with Crippen LogP contribution in [-0.4, -0.2) is 11.1 Å². The van der Waals surface area contributed by atoms with Gasteiger partial charge in [-0.05, 0) is 188 Å². The van der Waals surface area contributed by atoms with E-state index >= 15 is 4.79 Å². The van der Waals surface area contributed by atoms with Crippen LogP contribution < -0.4 is 0 Å². The number of aromatic hydroxyl groups is 1. The van der Waals surface area contributed by atoms with E-state index in [1.165, 1.54) is 161 Å². The number of hydrogen-bond acceptors (Lipinski definition) is 3. The molecule has 0 aliphatic heterocycles. The maximum absolute atomic E-state index is 16.2. The Bertz CT molecular complexity index is 1890. The molecular formula is C70H110O3S. The Morgan fingerprint density at radius 2 is 0.581 bits per heavy atom. The maximum Gasteiger partial charge on any atom is 0.353 e. The largest absolute Gasteiger partial charge is 0.507 e. The summed E-state index contributed by atoms with van der Waals surface area (Å²) < 4.78 is 8.24. The highest BCUT2D eigenvalue weighted by Gasteiger charge is 2.45. The van der Waals surface area contributed by atoms with Crippen LogP contribution in [-0.2, 0) is 62.0 Å². The van der Waals surface area contributed by atoms with Gasteiger partial charge in [0.2, 0.25) is 0 Å². The van der Waals surface area contributed by atoms with Crippen molar-refractivity contribution in [1.82, 2.24) is 0 Å². The highest BCUT2D eigenvalue weighted by molar-refractivity contribution is 8.30. The van der Waals surface area contributed by atoms with Crippen LogP contribution in [0.1, 0.15) is 296 Å². The molecule has 4 aromatic carbocycles. The Morgan fingerprint density at radius 1 is 0.351 bits per heavy atom. The van der Waals surface area contributed by atoms with Crippen LogP contribution in [0.4, 0.5) is 0 Å². The molecule has 0 aliphatic carbocycles. The van der Waals surface area contributed by atoms with E-state index < -0.39 is 10.3 Å². The van der Waals surface area contributed by atoms with Gasteiger partial charge in [0.05, 0.1) is 0 Å². The quantitative estimate of drug-likeness (QED) is 0.0451. The number of carbonyl (C=O) groups excluding carboxylic acids is 1. The normalized spacial score (nSPS) is 12.0. The summed E-state index contributed by atoms with van der Waals surface area (Å²) in [5.41, 5.74) is 13.1. The monoisotopic (exact) mass is 1030 g/mol. The third-order valence-electron chi connectivity index (χ3n) is 15.6. The van der Waals surface area contributed by atoms with Crippen LogP contribution in [0.3, 0.4) is 0 Å². The van der Waals surface area contributed by atoms with Gasteiger partial charge in [0.1, 0.15) is 11.3 Å². The minimum absolute atomic E-state index is 0.00127. The van der Waals surface area contributed by atoms with Crippen molar-refractivity contribution < 1.29 is 14.1 Å². The summed E-state index contributed by atoms with van der Waals surface area (Å²) in [6.07, 6.45) is 40.4. The third-order valence-corrected chi connectivity index (χ3v) is 19.3. The molecule has 414 valence electrons. The van der Waals surface area contributed by atoms with E-state index in [1.54, 1.807) is 6.07 Å². The lowest BCUT2D eigenvalue weighted by atomic mass is 9.94. The second-order valence-electron chi connectivity index (χ2n) is 22.3. The second-order valence-corrected chi connectivity index (χ2v) is 24.8. The first-order chi connectivity index (χ1) is 36.2. The highest BCUT2D eigenvalue weighted by atomic mass is 32.3. The number of carbonyl (C=O) groups is 1. The number of aryl methyl sites for hydroxylation is 9. The molecule has 4 heteroatoms. The van der Waals surface area contributed by atoms with E-state index in [0.717, 1.165) is 135 Å². The maximum atomic E-state index is 16.2. The average Bonchev–Trinajstić information content (AvgIpc) is 3.39. The smallest absolute Gasteiger partial charge is 0.353 e. The molecule has 0 aliphatic rings. The molecule has 0 aromatic heterocycles. The highest BCUT2D eigenvalue weighted by Crippen LogP contribution is 2.75. The van der Waals surface area contributed by atoms with Gasteiger partial charge in [-0.2, -0.15) is 0 Å². The van der Waals surface area contributed by atoms with Gasteiger partial charge in [-0.1, -0.05) is 226 Å². The van der Waals surface area contributed by atoms with Crippen LogP contribution in [0.25, 0.3) is 0 Å². The summed E-state index contributed by atoms with van der Waals surface area (Å²) in [6, 6.07) is 23.0. The minimum atomic E-state index is -2.89. The Balaban J connectivity index is 2.53. The predicted molar refractivity (Wildman–Crippen MR) is 324 cm³/mol. The fourth-order valence-electron chi connectivity index (χ4n) is 11.5. The molecule has 0 atom stereocenters. The van der Waals surface area contributed by atoms with Gasteiger partial charge in [-0.3, -0.25) is 0 Å². The van der Waals surface area contributed by atoms with Crippen molar-refractivity contribution in [1.29, 1.82) is 0 Å². The van der Waals surface area contributed by atoms with Gasteiger partial charge in [0.15, 0.2) is 0 Å². The van der Waals surface area contributed by atoms with Crippen molar-refractivity contribution in [2.45, 2.75) is 308 Å². The van der Waals surface area contributed by atoms with Crippen molar-refractivity contribution in [3.05, 3.63) is 116 Å². The number of phenolic OH excluding ortho intramolecular Hbond substituents is 1. The van der Waals surface area contributed by atoms with E-state index in [-0.39, 0.29) is 17.3 Å². The van der Waals surface area contributed by atoms with Gasteiger partial charge >= 0.3 is 5.97 Å². The summed E-state index contributed by atoms with van der Waals surface area (Å²) in [5.74, 6) is -0.389. The van der Waals surface area contributed by atoms with Gasteiger partial charge in [0, 0.05) is 14.7 Å². The lowest BCUT2D eigenvalue weighted by molar-refractivity contribution is 0.0754. The second kappa shape index (κ2) is 36.5. The molecule has 74 heavy (non-hydrogen) atoms. The van der Waals surface area contributed by atoms with E-state index in [9.17, 15) is 5.11 Å². The Morgan fingerprint density at radius 3 is 0.811 bits per heavy atom. The summed E-state index contributed by atoms with van der Waals surface area (Å²) in [5, 5.41) is 11.8. The molecule has 0 bridgehead atoms. The van der Waals surface area contributed by atoms with Crippen LogP contribution in [0.2, 0.25) is 0 Å². The average molecular weight is 1030 g/mol. The Labute approximate surface area is 458 Å². The number of rotatable bonds is 41. The molecule has 0 amide bonds. The van der Waals surface area contributed by atoms with Crippen molar-refractivity contribution in [3.8, 4) is 5.75 Å². The molecule has 0 saturated carbocycles. The summed E-state index contributed by atoms with van der Waals surface area (Å²) >= 11 is 0. The number of para-hydroxylation sites is 1. The van der Waals surface area contributed by atoms with Gasteiger partial charge < -0.3 is 9.29 Å². The molecular weight excluding hydrogens is 921 g/mol. The zero-order valence-electron chi connectivity index (χ0n) is 49.4. The SMILES string of the molecule is CCCCCc1cc(CCCCC)c(S(OC(=O)c2ccccc2O)(c2c(CCCCC)cc(CCCCC)cc2CCCCC)c2c(CCCCC)cc(CCCCC)cc2CCCCC)c(CCCCC)c1. The van der Waals surface area contributed by atoms with Crippen LogP contribution in [0.15, 0.2) is 75.4 Å². The molecule has 0 spiro atoms. The molecule has 1 N–H and O–H groups in total. The zero-order valence-corrected chi connectivity index (χ0v) is 50.2. The van der Waals surface area contributed by atoms with E-state index in [2.05, 4.69) is 98.7 Å². The molecule has 4 aromatic rings. The standard InChI is InChI=1S/C70H110O3S/c1-10-19-28-39-56-50-59(42-31-22-13-4)67(60(51-56)43-32-23-14-5)74(73-70(72)65-48-37-38-49-66(65)71,68-61(44-33-24-15-6)52-57(40-29-20-11-2)53-62(68)45-34-25-16-7)69-63(46-35-26-17-8)54-58(41-30-21-12-3)55-64(69)47-36-27-18-9/h37-38,48-55,71H,10-36,39-47H2,1-9H3. The predicted octanol–water partition coefficient (Wildman–Crippen LogP) is 22.0. The molecule has 0 unspecified atom stereocenters. The summed E-state index contributed by atoms with van der Waals surface area (Å²) in [6.45, 7) is 21.0. The fourth-order valence-corrected chi connectivity index (χ4v) is 15.9. The first-order valence-electron chi connectivity index (χ1n) is 31.5. The first kappa shape index (κ1) is 63.0. The van der Waals surface area contributed by atoms with E-state index in [1.807, 2.05) is 18.2 Å². The van der Waals surface area contributed by atoms with Gasteiger partial charge in [-0.15, -0.1) is 0 Å².